The molecule has 120 valence electrons. The Morgan fingerprint density at radius 2 is 1.80 bits per heavy atom. The standard InChI is InChI=1S/C19H39N/c1-5-8-17-11-12-19(15-20-13-6-2)18(14-17)10-7-9-16(3)4/h16-20H,5-15H2,1-4H3. The van der Waals surface area contributed by atoms with Crippen LogP contribution in [-0.2, 0) is 0 Å². The van der Waals surface area contributed by atoms with E-state index in [2.05, 4.69) is 33.0 Å². The van der Waals surface area contributed by atoms with E-state index in [-0.39, 0.29) is 0 Å². The van der Waals surface area contributed by atoms with Crippen molar-refractivity contribution in [1.29, 1.82) is 0 Å². The molecule has 0 amide bonds. The largest absolute Gasteiger partial charge is 0.316 e. The van der Waals surface area contributed by atoms with Crippen molar-refractivity contribution in [3.63, 3.8) is 0 Å². The number of rotatable bonds is 10. The van der Waals surface area contributed by atoms with Crippen molar-refractivity contribution < 1.29 is 0 Å². The lowest BCUT2D eigenvalue weighted by Crippen LogP contribution is -2.33. The van der Waals surface area contributed by atoms with Gasteiger partial charge in [0.1, 0.15) is 0 Å². The van der Waals surface area contributed by atoms with Crippen molar-refractivity contribution >= 4 is 0 Å². The highest BCUT2D eigenvalue weighted by Crippen LogP contribution is 2.38. The minimum Gasteiger partial charge on any atom is -0.316 e. The number of nitrogens with one attached hydrogen (secondary N) is 1. The number of hydrogen-bond acceptors (Lipinski definition) is 1. The molecular weight excluding hydrogens is 242 g/mol. The molecule has 1 aliphatic rings. The molecule has 0 aliphatic heterocycles. The molecule has 0 bridgehead atoms. The molecule has 3 unspecified atom stereocenters. The highest BCUT2D eigenvalue weighted by atomic mass is 14.9. The van der Waals surface area contributed by atoms with Gasteiger partial charge in [-0.3, -0.25) is 0 Å². The summed E-state index contributed by atoms with van der Waals surface area (Å²) in [5.74, 6) is 3.87. The molecule has 1 saturated carbocycles. The molecule has 1 nitrogen and oxygen atoms in total. The molecule has 1 rings (SSSR count). The third kappa shape index (κ3) is 7.11. The zero-order chi connectivity index (χ0) is 14.8. The highest BCUT2D eigenvalue weighted by molar-refractivity contribution is 4.81. The molecular formula is C19H39N. The first-order valence-corrected chi connectivity index (χ1v) is 9.38. The van der Waals surface area contributed by atoms with Crippen molar-refractivity contribution in [2.75, 3.05) is 13.1 Å². The Kier molecular flexibility index (Phi) is 9.59. The van der Waals surface area contributed by atoms with Gasteiger partial charge in [0.05, 0.1) is 0 Å². The Morgan fingerprint density at radius 3 is 2.45 bits per heavy atom. The lowest BCUT2D eigenvalue weighted by Gasteiger charge is -2.37. The lowest BCUT2D eigenvalue weighted by atomic mass is 9.70. The first-order chi connectivity index (χ1) is 9.67. The second-order valence-electron chi connectivity index (χ2n) is 7.52. The maximum absolute atomic E-state index is 3.68. The van der Waals surface area contributed by atoms with Gasteiger partial charge in [0.2, 0.25) is 0 Å². The van der Waals surface area contributed by atoms with E-state index < -0.39 is 0 Å². The van der Waals surface area contributed by atoms with Crippen LogP contribution in [0.25, 0.3) is 0 Å². The summed E-state index contributed by atoms with van der Waals surface area (Å²) >= 11 is 0. The van der Waals surface area contributed by atoms with Gasteiger partial charge in [-0.25, -0.2) is 0 Å². The summed E-state index contributed by atoms with van der Waals surface area (Å²) in [7, 11) is 0. The Morgan fingerprint density at radius 1 is 1.00 bits per heavy atom. The molecule has 1 aliphatic carbocycles. The second kappa shape index (κ2) is 10.7. The maximum Gasteiger partial charge on any atom is -0.00179 e. The van der Waals surface area contributed by atoms with E-state index in [1.165, 1.54) is 70.9 Å². The van der Waals surface area contributed by atoms with Crippen LogP contribution in [0, 0.1) is 23.7 Å². The molecule has 0 aromatic carbocycles. The van der Waals surface area contributed by atoms with Crippen molar-refractivity contribution in [2.45, 2.75) is 85.5 Å². The SMILES string of the molecule is CCCNCC1CCC(CCC)CC1CCCC(C)C. The van der Waals surface area contributed by atoms with E-state index in [0.717, 1.165) is 23.7 Å². The van der Waals surface area contributed by atoms with E-state index >= 15 is 0 Å². The van der Waals surface area contributed by atoms with Gasteiger partial charge in [-0.05, 0) is 56.0 Å². The smallest absolute Gasteiger partial charge is 0.00179 e. The van der Waals surface area contributed by atoms with Gasteiger partial charge in [-0.2, -0.15) is 0 Å². The molecule has 20 heavy (non-hydrogen) atoms. The zero-order valence-corrected chi connectivity index (χ0v) is 14.6. The van der Waals surface area contributed by atoms with Crippen LogP contribution in [-0.4, -0.2) is 13.1 Å². The van der Waals surface area contributed by atoms with E-state index in [0.29, 0.717) is 0 Å². The quantitative estimate of drug-likeness (QED) is 0.511. The maximum atomic E-state index is 3.68. The van der Waals surface area contributed by atoms with Crippen LogP contribution >= 0.6 is 0 Å². The van der Waals surface area contributed by atoms with Crippen molar-refractivity contribution in [3.8, 4) is 0 Å². The minimum atomic E-state index is 0.877. The van der Waals surface area contributed by atoms with Gasteiger partial charge in [0, 0.05) is 0 Å². The first-order valence-electron chi connectivity index (χ1n) is 9.38. The Labute approximate surface area is 128 Å². The van der Waals surface area contributed by atoms with E-state index in [9.17, 15) is 0 Å². The van der Waals surface area contributed by atoms with Gasteiger partial charge in [0.25, 0.3) is 0 Å². The lowest BCUT2D eigenvalue weighted by molar-refractivity contribution is 0.155. The van der Waals surface area contributed by atoms with Crippen molar-refractivity contribution in [2.24, 2.45) is 23.7 Å². The summed E-state index contributed by atoms with van der Waals surface area (Å²) < 4.78 is 0. The molecule has 0 aromatic rings. The minimum absolute atomic E-state index is 0.877. The summed E-state index contributed by atoms with van der Waals surface area (Å²) in [6, 6.07) is 0. The predicted octanol–water partition coefficient (Wildman–Crippen LogP) is 5.64. The van der Waals surface area contributed by atoms with E-state index in [1.807, 2.05) is 0 Å². The molecule has 1 N–H and O–H groups in total. The Bertz CT molecular complexity index is 224. The molecule has 0 heterocycles. The fourth-order valence-electron chi connectivity index (χ4n) is 3.97. The molecule has 0 radical (unpaired) electrons. The monoisotopic (exact) mass is 281 g/mol. The Hall–Kier alpha value is -0.0400. The van der Waals surface area contributed by atoms with Crippen LogP contribution in [0.4, 0.5) is 0 Å². The van der Waals surface area contributed by atoms with Crippen LogP contribution in [0.3, 0.4) is 0 Å². The summed E-state index contributed by atoms with van der Waals surface area (Å²) in [5.41, 5.74) is 0. The van der Waals surface area contributed by atoms with Crippen LogP contribution in [0.15, 0.2) is 0 Å². The molecule has 0 saturated heterocycles. The van der Waals surface area contributed by atoms with Gasteiger partial charge in [-0.1, -0.05) is 66.2 Å². The van der Waals surface area contributed by atoms with Crippen molar-refractivity contribution in [1.82, 2.24) is 5.32 Å². The van der Waals surface area contributed by atoms with Gasteiger partial charge in [0.15, 0.2) is 0 Å². The average Bonchev–Trinajstić information content (AvgIpc) is 2.41. The summed E-state index contributed by atoms with van der Waals surface area (Å²) in [4.78, 5) is 0. The summed E-state index contributed by atoms with van der Waals surface area (Å²) in [6.45, 7) is 11.8. The summed E-state index contributed by atoms with van der Waals surface area (Å²) in [5, 5.41) is 3.68. The van der Waals surface area contributed by atoms with E-state index in [1.54, 1.807) is 0 Å². The highest BCUT2D eigenvalue weighted by Gasteiger charge is 2.29. The van der Waals surface area contributed by atoms with Crippen LogP contribution in [0.2, 0.25) is 0 Å². The average molecular weight is 282 g/mol. The fourth-order valence-corrected chi connectivity index (χ4v) is 3.97. The summed E-state index contributed by atoms with van der Waals surface area (Å²) in [6.07, 6.45) is 13.0. The van der Waals surface area contributed by atoms with Crippen LogP contribution in [0.1, 0.15) is 85.5 Å². The van der Waals surface area contributed by atoms with Crippen LogP contribution < -0.4 is 5.32 Å². The fraction of sp³-hybridized carbons (Fsp3) is 1.00. The molecule has 1 heteroatoms. The Balaban J connectivity index is 2.39. The third-order valence-electron chi connectivity index (χ3n) is 5.14. The first kappa shape index (κ1) is 18.0. The van der Waals surface area contributed by atoms with Crippen LogP contribution in [0.5, 0.6) is 0 Å². The predicted molar refractivity (Wildman–Crippen MR) is 91.1 cm³/mol. The second-order valence-corrected chi connectivity index (χ2v) is 7.52. The third-order valence-corrected chi connectivity index (χ3v) is 5.14. The molecule has 0 spiro atoms. The molecule has 1 fully saturated rings. The number of hydrogen-bond donors (Lipinski definition) is 1. The van der Waals surface area contributed by atoms with Gasteiger partial charge < -0.3 is 5.32 Å². The zero-order valence-electron chi connectivity index (χ0n) is 14.6. The van der Waals surface area contributed by atoms with Gasteiger partial charge in [-0.15, -0.1) is 0 Å². The van der Waals surface area contributed by atoms with Gasteiger partial charge >= 0.3 is 0 Å². The van der Waals surface area contributed by atoms with E-state index in [4.69, 9.17) is 0 Å². The molecule has 3 atom stereocenters. The normalized spacial score (nSPS) is 27.1. The van der Waals surface area contributed by atoms with Crippen molar-refractivity contribution in [3.05, 3.63) is 0 Å². The molecule has 0 aromatic heterocycles. The topological polar surface area (TPSA) is 12.0 Å².